The largest absolute Gasteiger partial charge is 0.481 e. The summed E-state index contributed by atoms with van der Waals surface area (Å²) in [6, 6.07) is 3.30. The molecule has 1 aliphatic rings. The molecule has 1 aromatic rings. The number of pyridine rings is 1. The number of nitrogens with one attached hydrogen (secondary N) is 1. The van der Waals surface area contributed by atoms with Crippen LogP contribution in [0.1, 0.15) is 35.3 Å². The number of carbonyl (C=O) groups is 2. The van der Waals surface area contributed by atoms with E-state index in [9.17, 15) is 9.59 Å². The predicted molar refractivity (Wildman–Crippen MR) is 65.2 cm³/mol. The van der Waals surface area contributed by atoms with Gasteiger partial charge in [-0.05, 0) is 37.3 Å². The minimum absolute atomic E-state index is 0.0255. The summed E-state index contributed by atoms with van der Waals surface area (Å²) in [5.74, 6) is -0.870. The van der Waals surface area contributed by atoms with Crippen LogP contribution in [0, 0.1) is 12.8 Å². The lowest BCUT2D eigenvalue weighted by Gasteiger charge is -2.16. The van der Waals surface area contributed by atoms with Gasteiger partial charge in [-0.15, -0.1) is 0 Å². The van der Waals surface area contributed by atoms with E-state index < -0.39 is 5.97 Å². The molecule has 0 radical (unpaired) electrons. The zero-order valence-corrected chi connectivity index (χ0v) is 10.2. The summed E-state index contributed by atoms with van der Waals surface area (Å²) >= 11 is 0. The number of carboxylic acids is 1. The second-order valence-corrected chi connectivity index (χ2v) is 4.68. The molecule has 2 N–H and O–H groups in total. The van der Waals surface area contributed by atoms with Crippen molar-refractivity contribution in [1.82, 2.24) is 10.3 Å². The smallest absolute Gasteiger partial charge is 0.305 e. The predicted octanol–water partition coefficient (Wildman–Crippen LogP) is 1.37. The van der Waals surface area contributed by atoms with Crippen LogP contribution in [-0.4, -0.2) is 28.0 Å². The molecule has 0 bridgehead atoms. The van der Waals surface area contributed by atoms with Gasteiger partial charge in [0.25, 0.3) is 5.91 Å². The van der Waals surface area contributed by atoms with E-state index in [1.807, 2.05) is 13.0 Å². The molecule has 0 aliphatic heterocycles. The van der Waals surface area contributed by atoms with Gasteiger partial charge in [-0.2, -0.15) is 0 Å². The van der Waals surface area contributed by atoms with Crippen LogP contribution in [0.4, 0.5) is 0 Å². The third kappa shape index (κ3) is 3.06. The molecule has 5 heteroatoms. The number of aliphatic carboxylic acids is 1. The molecule has 0 saturated heterocycles. The molecule has 1 unspecified atom stereocenters. The Morgan fingerprint density at radius 1 is 1.56 bits per heavy atom. The standard InChI is InChI=1S/C13H16N2O3/c1-8-3-2-6-14-12(8)13(18)15-10(7-11(16)17)9-4-5-9/h2-3,6,9-10H,4-5,7H2,1H3,(H,15,18)(H,16,17). The highest BCUT2D eigenvalue weighted by Crippen LogP contribution is 2.34. The Balaban J connectivity index is 2.05. The number of rotatable bonds is 5. The van der Waals surface area contributed by atoms with Gasteiger partial charge < -0.3 is 10.4 Å². The maximum Gasteiger partial charge on any atom is 0.305 e. The van der Waals surface area contributed by atoms with Gasteiger partial charge in [-0.3, -0.25) is 14.6 Å². The number of aromatic nitrogens is 1. The Kier molecular flexibility index (Phi) is 3.60. The van der Waals surface area contributed by atoms with Gasteiger partial charge in [0.15, 0.2) is 0 Å². The van der Waals surface area contributed by atoms with E-state index in [4.69, 9.17) is 5.11 Å². The highest BCUT2D eigenvalue weighted by atomic mass is 16.4. The first kappa shape index (κ1) is 12.5. The van der Waals surface area contributed by atoms with E-state index in [0.717, 1.165) is 18.4 Å². The first-order valence-corrected chi connectivity index (χ1v) is 6.02. The van der Waals surface area contributed by atoms with Crippen molar-refractivity contribution in [1.29, 1.82) is 0 Å². The number of amides is 1. The zero-order chi connectivity index (χ0) is 13.1. The van der Waals surface area contributed by atoms with Crippen molar-refractivity contribution >= 4 is 11.9 Å². The molecular formula is C13H16N2O3. The first-order chi connectivity index (χ1) is 8.58. The lowest BCUT2D eigenvalue weighted by atomic mass is 10.1. The van der Waals surface area contributed by atoms with Crippen LogP contribution in [-0.2, 0) is 4.79 Å². The summed E-state index contributed by atoms with van der Waals surface area (Å²) in [6.07, 6.45) is 3.51. The Morgan fingerprint density at radius 2 is 2.28 bits per heavy atom. The maximum atomic E-state index is 12.0. The monoisotopic (exact) mass is 248 g/mol. The average molecular weight is 248 g/mol. The van der Waals surface area contributed by atoms with Crippen molar-refractivity contribution in [2.75, 3.05) is 0 Å². The molecule has 2 rings (SSSR count). The Hall–Kier alpha value is -1.91. The second-order valence-electron chi connectivity index (χ2n) is 4.68. The van der Waals surface area contributed by atoms with Crippen LogP contribution >= 0.6 is 0 Å². The second kappa shape index (κ2) is 5.16. The van der Waals surface area contributed by atoms with Gasteiger partial charge in [0.2, 0.25) is 0 Å². The van der Waals surface area contributed by atoms with Crippen molar-refractivity contribution < 1.29 is 14.7 Å². The third-order valence-electron chi connectivity index (χ3n) is 3.13. The van der Waals surface area contributed by atoms with Crippen LogP contribution in [0.2, 0.25) is 0 Å². The highest BCUT2D eigenvalue weighted by Gasteiger charge is 2.34. The van der Waals surface area contributed by atoms with E-state index in [2.05, 4.69) is 10.3 Å². The Labute approximate surface area is 105 Å². The van der Waals surface area contributed by atoms with Crippen molar-refractivity contribution in [2.45, 2.75) is 32.2 Å². The van der Waals surface area contributed by atoms with Gasteiger partial charge in [-0.1, -0.05) is 6.07 Å². The Morgan fingerprint density at radius 3 is 2.83 bits per heavy atom. The molecule has 0 aromatic carbocycles. The molecule has 1 saturated carbocycles. The van der Waals surface area contributed by atoms with Gasteiger partial charge >= 0.3 is 5.97 Å². The lowest BCUT2D eigenvalue weighted by molar-refractivity contribution is -0.137. The van der Waals surface area contributed by atoms with Crippen LogP contribution in [0.15, 0.2) is 18.3 Å². The van der Waals surface area contributed by atoms with Crippen LogP contribution in [0.5, 0.6) is 0 Å². The molecule has 18 heavy (non-hydrogen) atoms. The van der Waals surface area contributed by atoms with Crippen molar-refractivity contribution in [2.24, 2.45) is 5.92 Å². The number of hydrogen-bond donors (Lipinski definition) is 2. The van der Waals surface area contributed by atoms with Crippen LogP contribution in [0.3, 0.4) is 0 Å². The molecule has 1 amide bonds. The Bertz CT molecular complexity index is 469. The van der Waals surface area contributed by atoms with Gasteiger partial charge in [0, 0.05) is 12.2 Å². The number of hydrogen-bond acceptors (Lipinski definition) is 3. The van der Waals surface area contributed by atoms with Crippen LogP contribution < -0.4 is 5.32 Å². The van der Waals surface area contributed by atoms with Gasteiger partial charge in [0.1, 0.15) is 5.69 Å². The van der Waals surface area contributed by atoms with E-state index in [1.54, 1.807) is 12.3 Å². The van der Waals surface area contributed by atoms with Crippen LogP contribution in [0.25, 0.3) is 0 Å². The summed E-state index contributed by atoms with van der Waals surface area (Å²) in [6.45, 7) is 1.81. The zero-order valence-electron chi connectivity index (χ0n) is 10.2. The molecule has 1 aliphatic carbocycles. The topological polar surface area (TPSA) is 79.3 Å². The molecule has 1 heterocycles. The summed E-state index contributed by atoms with van der Waals surface area (Å²) in [4.78, 5) is 26.8. The lowest BCUT2D eigenvalue weighted by Crippen LogP contribution is -2.38. The quantitative estimate of drug-likeness (QED) is 0.824. The van der Waals surface area contributed by atoms with Gasteiger partial charge in [-0.25, -0.2) is 0 Å². The first-order valence-electron chi connectivity index (χ1n) is 6.02. The van der Waals surface area contributed by atoms with Crippen molar-refractivity contribution in [3.05, 3.63) is 29.6 Å². The molecule has 0 spiro atoms. The van der Waals surface area contributed by atoms with E-state index >= 15 is 0 Å². The van der Waals surface area contributed by atoms with Crippen molar-refractivity contribution in [3.63, 3.8) is 0 Å². The number of carboxylic acid groups (broad SMARTS) is 1. The minimum Gasteiger partial charge on any atom is -0.481 e. The average Bonchev–Trinajstić information content (AvgIpc) is 3.11. The summed E-state index contributed by atoms with van der Waals surface area (Å²) in [7, 11) is 0. The minimum atomic E-state index is -0.884. The maximum absolute atomic E-state index is 12.0. The normalized spacial score (nSPS) is 16.1. The molecule has 1 fully saturated rings. The van der Waals surface area contributed by atoms with Crippen molar-refractivity contribution in [3.8, 4) is 0 Å². The van der Waals surface area contributed by atoms with E-state index in [1.165, 1.54) is 0 Å². The summed E-state index contributed by atoms with van der Waals surface area (Å²) in [5.41, 5.74) is 1.16. The molecular weight excluding hydrogens is 232 g/mol. The molecule has 5 nitrogen and oxygen atoms in total. The molecule has 1 aromatic heterocycles. The van der Waals surface area contributed by atoms with E-state index in [-0.39, 0.29) is 18.4 Å². The van der Waals surface area contributed by atoms with Gasteiger partial charge in [0.05, 0.1) is 6.42 Å². The number of aryl methyl sites for hydroxylation is 1. The molecule has 96 valence electrons. The fraction of sp³-hybridized carbons (Fsp3) is 0.462. The summed E-state index contributed by atoms with van der Waals surface area (Å²) < 4.78 is 0. The molecule has 1 atom stereocenters. The fourth-order valence-corrected chi connectivity index (χ4v) is 1.98. The summed E-state index contributed by atoms with van der Waals surface area (Å²) in [5, 5.41) is 11.6. The highest BCUT2D eigenvalue weighted by molar-refractivity contribution is 5.94. The SMILES string of the molecule is Cc1cccnc1C(=O)NC(CC(=O)O)C1CC1. The fourth-order valence-electron chi connectivity index (χ4n) is 1.98. The third-order valence-corrected chi connectivity index (χ3v) is 3.13. The number of carbonyl (C=O) groups excluding carboxylic acids is 1. The van der Waals surface area contributed by atoms with E-state index in [0.29, 0.717) is 11.6 Å². The number of nitrogens with zero attached hydrogens (tertiary/aromatic N) is 1.